The summed E-state index contributed by atoms with van der Waals surface area (Å²) >= 11 is 0. The van der Waals surface area contributed by atoms with Crippen LogP contribution in [0.1, 0.15) is 24.8 Å². The Kier molecular flexibility index (Phi) is 3.31. The maximum Gasteiger partial charge on any atom is 0.330 e. The van der Waals surface area contributed by atoms with Crippen LogP contribution in [0.4, 0.5) is 6.01 Å². The van der Waals surface area contributed by atoms with E-state index in [4.69, 9.17) is 4.42 Å². The lowest BCUT2D eigenvalue weighted by atomic mass is 10.2. The van der Waals surface area contributed by atoms with E-state index in [9.17, 15) is 8.42 Å². The summed E-state index contributed by atoms with van der Waals surface area (Å²) in [6.45, 7) is 0.909. The Balaban J connectivity index is 2.08. The van der Waals surface area contributed by atoms with Gasteiger partial charge in [-0.15, -0.1) is 5.10 Å². The molecule has 0 saturated carbocycles. The van der Waals surface area contributed by atoms with E-state index in [1.165, 1.54) is 14.1 Å². The highest BCUT2D eigenvalue weighted by Gasteiger charge is 2.23. The summed E-state index contributed by atoms with van der Waals surface area (Å²) in [5, 5.41) is 10.7. The van der Waals surface area contributed by atoms with E-state index in [1.54, 1.807) is 0 Å². The molecule has 1 aliphatic rings. The molecule has 2 rings (SSSR count). The van der Waals surface area contributed by atoms with E-state index >= 15 is 0 Å². The molecule has 1 saturated heterocycles. The standard InChI is InChI=1S/C8H15N5O3S/c1-13(2)17(14,15)12-8-11-10-7(16-8)6-4-3-5-9-6/h6,9H,3-5H2,1-2H3,(H,11,12). The summed E-state index contributed by atoms with van der Waals surface area (Å²) in [5.41, 5.74) is 0. The van der Waals surface area contributed by atoms with Gasteiger partial charge >= 0.3 is 16.2 Å². The molecule has 9 heteroatoms. The van der Waals surface area contributed by atoms with Crippen molar-refractivity contribution in [2.45, 2.75) is 18.9 Å². The largest absolute Gasteiger partial charge is 0.406 e. The third-order valence-corrected chi connectivity index (χ3v) is 3.89. The SMILES string of the molecule is CN(C)S(=O)(=O)Nc1nnc(C2CCCN2)o1. The van der Waals surface area contributed by atoms with Gasteiger partial charge in [-0.25, -0.2) is 4.72 Å². The molecule has 2 heterocycles. The minimum absolute atomic E-state index is 0.0279. The molecule has 0 amide bonds. The summed E-state index contributed by atoms with van der Waals surface area (Å²) in [4.78, 5) is 0. The Bertz CT molecular complexity index is 477. The molecule has 0 aromatic carbocycles. The number of hydrogen-bond acceptors (Lipinski definition) is 6. The molecule has 0 bridgehead atoms. The Morgan fingerprint density at radius 1 is 1.47 bits per heavy atom. The van der Waals surface area contributed by atoms with Gasteiger partial charge in [0.2, 0.25) is 5.89 Å². The van der Waals surface area contributed by atoms with Crippen molar-refractivity contribution in [3.63, 3.8) is 0 Å². The van der Waals surface area contributed by atoms with Crippen LogP contribution in [0.2, 0.25) is 0 Å². The van der Waals surface area contributed by atoms with Crippen LogP contribution in [0.25, 0.3) is 0 Å². The average molecular weight is 261 g/mol. The first-order chi connectivity index (χ1) is 7.99. The molecular weight excluding hydrogens is 246 g/mol. The molecular formula is C8H15N5O3S. The first-order valence-corrected chi connectivity index (χ1v) is 6.70. The van der Waals surface area contributed by atoms with Crippen LogP contribution in [-0.4, -0.2) is 43.6 Å². The van der Waals surface area contributed by atoms with Crippen molar-refractivity contribution in [1.82, 2.24) is 19.8 Å². The van der Waals surface area contributed by atoms with Crippen LogP contribution in [0, 0.1) is 0 Å². The smallest absolute Gasteiger partial charge is 0.330 e. The van der Waals surface area contributed by atoms with Crippen molar-refractivity contribution < 1.29 is 12.8 Å². The Labute approximate surface area is 99.6 Å². The minimum atomic E-state index is -3.59. The molecule has 1 atom stereocenters. The molecule has 1 aromatic rings. The van der Waals surface area contributed by atoms with E-state index in [1.807, 2.05) is 0 Å². The Hall–Kier alpha value is -1.19. The lowest BCUT2D eigenvalue weighted by molar-refractivity contribution is 0.438. The number of anilines is 1. The van der Waals surface area contributed by atoms with Gasteiger partial charge in [0.15, 0.2) is 0 Å². The molecule has 1 aromatic heterocycles. The number of nitrogens with zero attached hydrogens (tertiary/aromatic N) is 3. The zero-order valence-electron chi connectivity index (χ0n) is 9.67. The van der Waals surface area contributed by atoms with Gasteiger partial charge in [0, 0.05) is 14.1 Å². The van der Waals surface area contributed by atoms with Gasteiger partial charge in [-0.05, 0) is 19.4 Å². The third kappa shape index (κ3) is 2.73. The Morgan fingerprint density at radius 3 is 2.82 bits per heavy atom. The fourth-order valence-corrected chi connectivity index (χ4v) is 2.00. The number of rotatable bonds is 4. The number of aromatic nitrogens is 2. The topological polar surface area (TPSA) is 100 Å². The minimum Gasteiger partial charge on any atom is -0.406 e. The van der Waals surface area contributed by atoms with Gasteiger partial charge in [0.05, 0.1) is 6.04 Å². The summed E-state index contributed by atoms with van der Waals surface area (Å²) < 4.78 is 31.5. The highest BCUT2D eigenvalue weighted by molar-refractivity contribution is 7.90. The van der Waals surface area contributed by atoms with E-state index in [2.05, 4.69) is 20.2 Å². The fourth-order valence-electron chi connectivity index (χ4n) is 1.51. The second-order valence-corrected chi connectivity index (χ2v) is 5.87. The quantitative estimate of drug-likeness (QED) is 0.772. The van der Waals surface area contributed by atoms with Gasteiger partial charge in [0.1, 0.15) is 0 Å². The van der Waals surface area contributed by atoms with Crippen LogP contribution >= 0.6 is 0 Å². The molecule has 1 unspecified atom stereocenters. The van der Waals surface area contributed by atoms with Crippen molar-refractivity contribution >= 4 is 16.2 Å². The first kappa shape index (κ1) is 12.3. The molecule has 0 radical (unpaired) electrons. The number of nitrogens with one attached hydrogen (secondary N) is 2. The molecule has 2 N–H and O–H groups in total. The Morgan fingerprint density at radius 2 is 2.24 bits per heavy atom. The van der Waals surface area contributed by atoms with Gasteiger partial charge in [0.25, 0.3) is 0 Å². The maximum atomic E-state index is 11.5. The normalized spacial score (nSPS) is 21.0. The molecule has 1 fully saturated rings. The fraction of sp³-hybridized carbons (Fsp3) is 0.750. The second-order valence-electron chi connectivity index (χ2n) is 3.98. The van der Waals surface area contributed by atoms with Crippen molar-refractivity contribution in [3.05, 3.63) is 5.89 Å². The number of hydrogen-bond donors (Lipinski definition) is 2. The maximum absolute atomic E-state index is 11.5. The van der Waals surface area contributed by atoms with Crippen LogP contribution in [-0.2, 0) is 10.2 Å². The van der Waals surface area contributed by atoms with Gasteiger partial charge in [-0.3, -0.25) is 0 Å². The predicted octanol–water partition coefficient (Wildman–Crippen LogP) is -0.288. The molecule has 96 valence electrons. The van der Waals surface area contributed by atoms with Crippen molar-refractivity contribution in [2.75, 3.05) is 25.4 Å². The van der Waals surface area contributed by atoms with E-state index in [0.717, 1.165) is 23.7 Å². The third-order valence-electron chi connectivity index (χ3n) is 2.50. The molecule has 17 heavy (non-hydrogen) atoms. The lowest BCUT2D eigenvalue weighted by Gasteiger charge is -2.09. The average Bonchev–Trinajstić information content (AvgIpc) is 2.85. The molecule has 0 aliphatic carbocycles. The molecule has 8 nitrogen and oxygen atoms in total. The van der Waals surface area contributed by atoms with Crippen LogP contribution in [0.15, 0.2) is 4.42 Å². The van der Waals surface area contributed by atoms with Crippen molar-refractivity contribution in [3.8, 4) is 0 Å². The summed E-state index contributed by atoms with van der Waals surface area (Å²) in [6.07, 6.45) is 1.97. The van der Waals surface area contributed by atoms with E-state index in [0.29, 0.717) is 5.89 Å². The second kappa shape index (κ2) is 4.59. The lowest BCUT2D eigenvalue weighted by Crippen LogP contribution is -2.29. The molecule has 0 spiro atoms. The van der Waals surface area contributed by atoms with Crippen LogP contribution in [0.3, 0.4) is 0 Å². The predicted molar refractivity (Wildman–Crippen MR) is 60.5 cm³/mol. The van der Waals surface area contributed by atoms with Gasteiger partial charge < -0.3 is 9.73 Å². The van der Waals surface area contributed by atoms with Crippen LogP contribution in [0.5, 0.6) is 0 Å². The summed E-state index contributed by atoms with van der Waals surface area (Å²) in [7, 11) is -0.765. The first-order valence-electron chi connectivity index (χ1n) is 5.26. The van der Waals surface area contributed by atoms with Crippen molar-refractivity contribution in [1.29, 1.82) is 0 Å². The molecule has 1 aliphatic heterocycles. The van der Waals surface area contributed by atoms with Gasteiger partial charge in [-0.2, -0.15) is 12.7 Å². The zero-order valence-corrected chi connectivity index (χ0v) is 10.5. The highest BCUT2D eigenvalue weighted by Crippen LogP contribution is 2.23. The van der Waals surface area contributed by atoms with E-state index < -0.39 is 10.2 Å². The highest BCUT2D eigenvalue weighted by atomic mass is 32.2. The summed E-state index contributed by atoms with van der Waals surface area (Å²) in [6, 6.07) is -0.0810. The monoisotopic (exact) mass is 261 g/mol. The zero-order chi connectivity index (χ0) is 12.5. The van der Waals surface area contributed by atoms with Crippen LogP contribution < -0.4 is 10.0 Å². The van der Waals surface area contributed by atoms with Gasteiger partial charge in [-0.1, -0.05) is 5.10 Å². The van der Waals surface area contributed by atoms with E-state index in [-0.39, 0.29) is 12.1 Å². The van der Waals surface area contributed by atoms with Crippen molar-refractivity contribution in [2.24, 2.45) is 0 Å². The summed E-state index contributed by atoms with van der Waals surface area (Å²) in [5.74, 6) is 0.416.